The molecular formula is C32H33FN2O4. The normalized spacial score (nSPS) is 18.8. The average molecular weight is 529 g/mol. The highest BCUT2D eigenvalue weighted by Crippen LogP contribution is 2.43. The van der Waals surface area contributed by atoms with Crippen LogP contribution in [0.25, 0.3) is 5.76 Å². The highest BCUT2D eigenvalue weighted by atomic mass is 19.1. The molecule has 3 aromatic carbocycles. The molecule has 6 nitrogen and oxygen atoms in total. The zero-order chi connectivity index (χ0) is 27.7. The van der Waals surface area contributed by atoms with E-state index in [1.165, 1.54) is 17.0 Å². The number of nitrogens with zero attached hydrogens (tertiary/aromatic N) is 2. The molecule has 2 fully saturated rings. The molecule has 0 bridgehead atoms. The number of carbonyl (C=O) groups is 2. The van der Waals surface area contributed by atoms with Gasteiger partial charge in [-0.15, -0.1) is 0 Å². The molecule has 1 unspecified atom stereocenters. The molecule has 3 aromatic rings. The van der Waals surface area contributed by atoms with Crippen LogP contribution in [-0.4, -0.2) is 36.5 Å². The van der Waals surface area contributed by atoms with E-state index in [2.05, 4.69) is 4.90 Å². The molecule has 1 amide bonds. The summed E-state index contributed by atoms with van der Waals surface area (Å²) in [5, 5.41) is 11.5. The van der Waals surface area contributed by atoms with Crippen molar-refractivity contribution < 1.29 is 23.8 Å². The number of aliphatic hydroxyl groups excluding tert-OH is 1. The van der Waals surface area contributed by atoms with Crippen molar-refractivity contribution in [2.24, 2.45) is 0 Å². The number of ketones is 1. The summed E-state index contributed by atoms with van der Waals surface area (Å²) in [6.07, 6.45) is 2.29. The zero-order valence-electron chi connectivity index (χ0n) is 22.5. The minimum atomic E-state index is -0.919. The first-order valence-electron chi connectivity index (χ1n) is 13.5. The fraction of sp³-hybridized carbons (Fsp3) is 0.312. The van der Waals surface area contributed by atoms with E-state index in [9.17, 15) is 19.1 Å². The Labute approximate surface area is 228 Å². The van der Waals surface area contributed by atoms with Crippen LogP contribution in [0.2, 0.25) is 0 Å². The summed E-state index contributed by atoms with van der Waals surface area (Å²) in [5.41, 5.74) is 3.37. The number of benzene rings is 3. The van der Waals surface area contributed by atoms with Crippen molar-refractivity contribution in [1.29, 1.82) is 0 Å². The molecule has 0 aliphatic carbocycles. The number of carbonyl (C=O) groups excluding carboxylic acids is 2. The maximum absolute atomic E-state index is 13.9. The van der Waals surface area contributed by atoms with Crippen LogP contribution in [0.3, 0.4) is 0 Å². The zero-order valence-corrected chi connectivity index (χ0v) is 22.5. The Hall–Kier alpha value is -4.13. The first-order valence-corrected chi connectivity index (χ1v) is 13.5. The molecule has 202 valence electrons. The maximum atomic E-state index is 13.9. The highest BCUT2D eigenvalue weighted by Gasteiger charge is 2.47. The van der Waals surface area contributed by atoms with Gasteiger partial charge in [-0.2, -0.15) is 0 Å². The number of Topliss-reactive ketones (excluding diaryl/α,β-unsaturated/α-hetero) is 1. The van der Waals surface area contributed by atoms with Gasteiger partial charge in [-0.25, -0.2) is 4.39 Å². The van der Waals surface area contributed by atoms with E-state index in [-0.39, 0.29) is 17.3 Å². The minimum absolute atomic E-state index is 0.0332. The van der Waals surface area contributed by atoms with Gasteiger partial charge in [-0.3, -0.25) is 14.5 Å². The van der Waals surface area contributed by atoms with Crippen LogP contribution >= 0.6 is 0 Å². The van der Waals surface area contributed by atoms with Crippen LogP contribution < -0.4 is 14.5 Å². The van der Waals surface area contributed by atoms with Gasteiger partial charge in [0.2, 0.25) is 0 Å². The average Bonchev–Trinajstić information content (AvgIpc) is 3.56. The molecule has 0 aromatic heterocycles. The van der Waals surface area contributed by atoms with E-state index < -0.39 is 23.5 Å². The number of hydrogen-bond acceptors (Lipinski definition) is 5. The Balaban J connectivity index is 1.63. The molecule has 2 aliphatic rings. The molecular weight excluding hydrogens is 495 g/mol. The van der Waals surface area contributed by atoms with Crippen LogP contribution in [0.1, 0.15) is 62.3 Å². The van der Waals surface area contributed by atoms with Crippen LogP contribution in [0.5, 0.6) is 5.75 Å². The van der Waals surface area contributed by atoms with Crippen molar-refractivity contribution in [2.45, 2.75) is 45.6 Å². The largest absolute Gasteiger partial charge is 0.507 e. The van der Waals surface area contributed by atoms with Crippen molar-refractivity contribution in [3.63, 3.8) is 0 Å². The van der Waals surface area contributed by atoms with Crippen molar-refractivity contribution >= 4 is 28.8 Å². The van der Waals surface area contributed by atoms with E-state index in [0.717, 1.165) is 37.2 Å². The van der Waals surface area contributed by atoms with Crippen LogP contribution in [0, 0.1) is 5.82 Å². The summed E-state index contributed by atoms with van der Waals surface area (Å²) in [6, 6.07) is 17.5. The van der Waals surface area contributed by atoms with E-state index in [1.54, 1.807) is 30.3 Å². The molecule has 2 heterocycles. The number of amides is 1. The Kier molecular flexibility index (Phi) is 7.42. The van der Waals surface area contributed by atoms with Crippen LogP contribution in [-0.2, 0) is 9.59 Å². The summed E-state index contributed by atoms with van der Waals surface area (Å²) >= 11 is 0. The lowest BCUT2D eigenvalue weighted by atomic mass is 9.93. The fourth-order valence-corrected chi connectivity index (χ4v) is 5.45. The number of rotatable bonds is 7. The first kappa shape index (κ1) is 26.5. The monoisotopic (exact) mass is 528 g/mol. The van der Waals surface area contributed by atoms with E-state index in [4.69, 9.17) is 4.74 Å². The molecule has 39 heavy (non-hydrogen) atoms. The molecule has 0 spiro atoms. The molecule has 2 saturated heterocycles. The SMILES string of the molecule is CCOc1ccc(/C(O)=C2/C(=O)C(=O)N(c3ccc(N4CCCC4)cc3)C2c2ccc(F)cc2)cc1C(C)C. The Morgan fingerprint density at radius 1 is 0.974 bits per heavy atom. The number of anilines is 2. The van der Waals surface area contributed by atoms with E-state index in [1.807, 2.05) is 45.0 Å². The van der Waals surface area contributed by atoms with Crippen molar-refractivity contribution in [2.75, 3.05) is 29.5 Å². The van der Waals surface area contributed by atoms with E-state index in [0.29, 0.717) is 29.2 Å². The predicted octanol–water partition coefficient (Wildman–Crippen LogP) is 6.57. The van der Waals surface area contributed by atoms with Gasteiger partial charge >= 0.3 is 0 Å². The molecule has 7 heteroatoms. The van der Waals surface area contributed by atoms with Crippen molar-refractivity contribution in [3.8, 4) is 5.75 Å². The van der Waals surface area contributed by atoms with Crippen molar-refractivity contribution in [1.82, 2.24) is 0 Å². The van der Waals surface area contributed by atoms with Gasteiger partial charge < -0.3 is 14.7 Å². The molecule has 5 rings (SSSR count). The standard InChI is InChI=1S/C32H33FN2O4/c1-4-39-27-16-9-22(19-26(27)20(2)3)30(36)28-29(21-7-10-23(33)11-8-21)35(32(38)31(28)37)25-14-12-24(13-15-25)34-17-5-6-18-34/h7-16,19-20,29,36H,4-6,17-18H2,1-3H3/b30-28-. The molecule has 0 radical (unpaired) electrons. The maximum Gasteiger partial charge on any atom is 0.300 e. The number of ether oxygens (including phenoxy) is 1. The van der Waals surface area contributed by atoms with Gasteiger partial charge in [-0.1, -0.05) is 26.0 Å². The Morgan fingerprint density at radius 2 is 1.62 bits per heavy atom. The third kappa shape index (κ3) is 5.01. The predicted molar refractivity (Wildman–Crippen MR) is 151 cm³/mol. The third-order valence-corrected chi connectivity index (χ3v) is 7.43. The highest BCUT2D eigenvalue weighted by molar-refractivity contribution is 6.51. The summed E-state index contributed by atoms with van der Waals surface area (Å²) in [7, 11) is 0. The summed E-state index contributed by atoms with van der Waals surface area (Å²) < 4.78 is 19.6. The smallest absolute Gasteiger partial charge is 0.300 e. The lowest BCUT2D eigenvalue weighted by Crippen LogP contribution is -2.29. The third-order valence-electron chi connectivity index (χ3n) is 7.43. The van der Waals surface area contributed by atoms with Gasteiger partial charge in [0.25, 0.3) is 11.7 Å². The minimum Gasteiger partial charge on any atom is -0.507 e. The lowest BCUT2D eigenvalue weighted by molar-refractivity contribution is -0.132. The Morgan fingerprint density at radius 3 is 2.23 bits per heavy atom. The van der Waals surface area contributed by atoms with Crippen LogP contribution in [0.4, 0.5) is 15.8 Å². The molecule has 1 atom stereocenters. The van der Waals surface area contributed by atoms with E-state index >= 15 is 0 Å². The summed E-state index contributed by atoms with van der Waals surface area (Å²) in [4.78, 5) is 30.7. The van der Waals surface area contributed by atoms with Gasteiger partial charge in [-0.05, 0) is 91.4 Å². The Bertz CT molecular complexity index is 1410. The summed E-state index contributed by atoms with van der Waals surface area (Å²) in [5.74, 6) is -1.43. The quantitative estimate of drug-likeness (QED) is 0.213. The number of hydrogen-bond donors (Lipinski definition) is 1. The second kappa shape index (κ2) is 10.9. The van der Waals surface area contributed by atoms with Gasteiger partial charge in [0.15, 0.2) is 0 Å². The molecule has 2 aliphatic heterocycles. The van der Waals surface area contributed by atoms with Gasteiger partial charge in [0, 0.05) is 30.0 Å². The van der Waals surface area contributed by atoms with Crippen molar-refractivity contribution in [3.05, 3.63) is 94.8 Å². The lowest BCUT2D eigenvalue weighted by Gasteiger charge is -2.26. The van der Waals surface area contributed by atoms with Gasteiger partial charge in [0.1, 0.15) is 17.3 Å². The first-order chi connectivity index (χ1) is 18.8. The number of halogens is 1. The molecule has 0 saturated carbocycles. The fourth-order valence-electron chi connectivity index (χ4n) is 5.45. The van der Waals surface area contributed by atoms with Gasteiger partial charge in [0.05, 0.1) is 18.2 Å². The second-order valence-corrected chi connectivity index (χ2v) is 10.3. The summed E-state index contributed by atoms with van der Waals surface area (Å²) in [6.45, 7) is 8.41. The number of aliphatic hydroxyl groups is 1. The topological polar surface area (TPSA) is 70.1 Å². The van der Waals surface area contributed by atoms with Crippen LogP contribution in [0.15, 0.2) is 72.3 Å². The molecule has 1 N–H and O–H groups in total. The second-order valence-electron chi connectivity index (χ2n) is 10.3.